The average Bonchev–Trinajstić information content (AvgIpc) is 2.91. The summed E-state index contributed by atoms with van der Waals surface area (Å²) in [5.74, 6) is 1.14. The second-order valence-electron chi connectivity index (χ2n) is 6.67. The van der Waals surface area contributed by atoms with E-state index >= 15 is 0 Å². The Labute approximate surface area is 117 Å². The predicted molar refractivity (Wildman–Crippen MR) is 78.8 cm³/mol. The number of nitrogens with two attached hydrogens (primary N) is 1. The number of amides is 1. The molecule has 2 fully saturated rings. The second-order valence-corrected chi connectivity index (χ2v) is 6.67. The fourth-order valence-electron chi connectivity index (χ4n) is 3.92. The summed E-state index contributed by atoms with van der Waals surface area (Å²) < 4.78 is 0. The molecule has 2 aliphatic rings. The molecule has 3 nitrogen and oxygen atoms in total. The van der Waals surface area contributed by atoms with Crippen molar-refractivity contribution < 1.29 is 4.79 Å². The number of nitrogens with one attached hydrogen (secondary N) is 1. The standard InChI is InChI=1S/C16H30N2O/c1-2-5-13-6-8-14(9-7-13)18-15(19)16(12-17)10-3-4-11-16/h13-14H,2-12,17H2,1H3,(H,18,19). The smallest absolute Gasteiger partial charge is 0.227 e. The van der Waals surface area contributed by atoms with Crippen molar-refractivity contribution in [2.24, 2.45) is 17.1 Å². The lowest BCUT2D eigenvalue weighted by Gasteiger charge is -2.33. The maximum Gasteiger partial charge on any atom is 0.227 e. The van der Waals surface area contributed by atoms with Gasteiger partial charge in [0.15, 0.2) is 0 Å². The molecule has 2 saturated carbocycles. The molecule has 0 aromatic carbocycles. The van der Waals surface area contributed by atoms with Crippen LogP contribution in [0.2, 0.25) is 0 Å². The quantitative estimate of drug-likeness (QED) is 0.803. The van der Waals surface area contributed by atoms with Gasteiger partial charge in [-0.2, -0.15) is 0 Å². The van der Waals surface area contributed by atoms with Gasteiger partial charge >= 0.3 is 0 Å². The molecule has 0 radical (unpaired) electrons. The first kappa shape index (κ1) is 14.8. The van der Waals surface area contributed by atoms with Gasteiger partial charge in [0.1, 0.15) is 0 Å². The van der Waals surface area contributed by atoms with E-state index in [4.69, 9.17) is 5.73 Å². The molecular formula is C16H30N2O. The number of hydrogen-bond donors (Lipinski definition) is 2. The molecule has 3 N–H and O–H groups in total. The molecule has 2 rings (SSSR count). The van der Waals surface area contributed by atoms with Gasteiger partial charge in [-0.05, 0) is 44.4 Å². The Morgan fingerprint density at radius 2 is 1.84 bits per heavy atom. The Morgan fingerprint density at radius 3 is 2.37 bits per heavy atom. The van der Waals surface area contributed by atoms with Crippen molar-refractivity contribution in [2.75, 3.05) is 6.54 Å². The van der Waals surface area contributed by atoms with E-state index < -0.39 is 0 Å². The molecule has 0 spiro atoms. The van der Waals surface area contributed by atoms with Crippen LogP contribution >= 0.6 is 0 Å². The topological polar surface area (TPSA) is 55.1 Å². The van der Waals surface area contributed by atoms with E-state index in [2.05, 4.69) is 12.2 Å². The van der Waals surface area contributed by atoms with Crippen LogP contribution in [0.25, 0.3) is 0 Å². The molecule has 3 heteroatoms. The van der Waals surface area contributed by atoms with Crippen molar-refractivity contribution in [1.29, 1.82) is 0 Å². The van der Waals surface area contributed by atoms with Crippen LogP contribution < -0.4 is 11.1 Å². The number of rotatable bonds is 5. The van der Waals surface area contributed by atoms with E-state index in [9.17, 15) is 4.79 Å². The molecular weight excluding hydrogens is 236 g/mol. The fourth-order valence-corrected chi connectivity index (χ4v) is 3.92. The molecule has 110 valence electrons. The molecule has 19 heavy (non-hydrogen) atoms. The monoisotopic (exact) mass is 266 g/mol. The summed E-state index contributed by atoms with van der Waals surface area (Å²) in [5.41, 5.74) is 5.64. The summed E-state index contributed by atoms with van der Waals surface area (Å²) in [6.07, 6.45) is 11.8. The van der Waals surface area contributed by atoms with Crippen molar-refractivity contribution >= 4 is 5.91 Å². The van der Waals surface area contributed by atoms with Crippen molar-refractivity contribution in [3.63, 3.8) is 0 Å². The van der Waals surface area contributed by atoms with Gasteiger partial charge in [0.2, 0.25) is 5.91 Å². The highest BCUT2D eigenvalue weighted by atomic mass is 16.2. The minimum Gasteiger partial charge on any atom is -0.353 e. The first-order valence-electron chi connectivity index (χ1n) is 8.21. The minimum atomic E-state index is -0.236. The van der Waals surface area contributed by atoms with Gasteiger partial charge in [-0.25, -0.2) is 0 Å². The summed E-state index contributed by atoms with van der Waals surface area (Å²) in [4.78, 5) is 12.5. The van der Waals surface area contributed by atoms with E-state index in [1.54, 1.807) is 0 Å². The summed E-state index contributed by atoms with van der Waals surface area (Å²) in [6, 6.07) is 0.407. The van der Waals surface area contributed by atoms with Crippen molar-refractivity contribution in [2.45, 2.75) is 77.2 Å². The van der Waals surface area contributed by atoms with Gasteiger partial charge in [0, 0.05) is 12.6 Å². The van der Waals surface area contributed by atoms with Gasteiger partial charge in [-0.1, -0.05) is 32.6 Å². The lowest BCUT2D eigenvalue weighted by Crippen LogP contribution is -2.48. The van der Waals surface area contributed by atoms with Crippen molar-refractivity contribution in [1.82, 2.24) is 5.32 Å². The first-order valence-corrected chi connectivity index (χ1v) is 8.21. The highest BCUT2D eigenvalue weighted by Crippen LogP contribution is 2.38. The summed E-state index contributed by atoms with van der Waals surface area (Å²) in [5, 5.41) is 3.30. The summed E-state index contributed by atoms with van der Waals surface area (Å²) in [7, 11) is 0. The Balaban J connectivity index is 1.80. The van der Waals surface area contributed by atoms with E-state index in [0.717, 1.165) is 44.4 Å². The Kier molecular flexibility index (Phi) is 5.26. The fraction of sp³-hybridized carbons (Fsp3) is 0.938. The Morgan fingerprint density at radius 1 is 1.21 bits per heavy atom. The Bertz CT molecular complexity index is 289. The zero-order chi connectivity index (χ0) is 13.7. The third-order valence-electron chi connectivity index (χ3n) is 5.31. The molecule has 0 unspecified atom stereocenters. The zero-order valence-electron chi connectivity index (χ0n) is 12.4. The number of hydrogen-bond acceptors (Lipinski definition) is 2. The van der Waals surface area contributed by atoms with E-state index in [-0.39, 0.29) is 11.3 Å². The third-order valence-corrected chi connectivity index (χ3v) is 5.31. The molecule has 0 atom stereocenters. The van der Waals surface area contributed by atoms with Crippen LogP contribution in [0.15, 0.2) is 0 Å². The molecule has 0 heterocycles. The minimum absolute atomic E-state index is 0.236. The van der Waals surface area contributed by atoms with Crippen LogP contribution in [0.3, 0.4) is 0 Å². The highest BCUT2D eigenvalue weighted by Gasteiger charge is 2.40. The SMILES string of the molecule is CCCC1CCC(NC(=O)C2(CN)CCCC2)CC1. The third kappa shape index (κ3) is 3.50. The summed E-state index contributed by atoms with van der Waals surface area (Å²) >= 11 is 0. The predicted octanol–water partition coefficient (Wildman–Crippen LogP) is 2.98. The van der Waals surface area contributed by atoms with Crippen LogP contribution in [-0.4, -0.2) is 18.5 Å². The maximum absolute atomic E-state index is 12.5. The molecule has 0 aromatic heterocycles. The highest BCUT2D eigenvalue weighted by molar-refractivity contribution is 5.83. The van der Waals surface area contributed by atoms with Crippen molar-refractivity contribution in [3.05, 3.63) is 0 Å². The van der Waals surface area contributed by atoms with Crippen LogP contribution in [0.5, 0.6) is 0 Å². The van der Waals surface area contributed by atoms with Crippen LogP contribution in [0.1, 0.15) is 71.1 Å². The second kappa shape index (κ2) is 6.74. The van der Waals surface area contributed by atoms with Crippen LogP contribution in [-0.2, 0) is 4.79 Å². The lowest BCUT2D eigenvalue weighted by atomic mass is 9.81. The molecule has 2 aliphatic carbocycles. The Hall–Kier alpha value is -0.570. The number of carbonyl (C=O) groups is 1. The molecule has 0 saturated heterocycles. The van der Waals surface area contributed by atoms with E-state index in [1.165, 1.54) is 25.7 Å². The average molecular weight is 266 g/mol. The summed E-state index contributed by atoms with van der Waals surface area (Å²) in [6.45, 7) is 2.78. The van der Waals surface area contributed by atoms with Gasteiger partial charge < -0.3 is 11.1 Å². The number of carbonyl (C=O) groups excluding carboxylic acids is 1. The van der Waals surface area contributed by atoms with Crippen LogP contribution in [0.4, 0.5) is 0 Å². The van der Waals surface area contributed by atoms with E-state index in [0.29, 0.717) is 12.6 Å². The molecule has 0 aliphatic heterocycles. The van der Waals surface area contributed by atoms with Crippen LogP contribution in [0, 0.1) is 11.3 Å². The normalized spacial score (nSPS) is 30.2. The van der Waals surface area contributed by atoms with Gasteiger partial charge in [0.05, 0.1) is 5.41 Å². The molecule has 0 bridgehead atoms. The lowest BCUT2D eigenvalue weighted by molar-refractivity contribution is -0.131. The van der Waals surface area contributed by atoms with Gasteiger partial charge in [0.25, 0.3) is 0 Å². The molecule has 0 aromatic rings. The molecule has 1 amide bonds. The van der Waals surface area contributed by atoms with E-state index in [1.807, 2.05) is 0 Å². The van der Waals surface area contributed by atoms with Gasteiger partial charge in [-0.15, -0.1) is 0 Å². The zero-order valence-corrected chi connectivity index (χ0v) is 12.4. The maximum atomic E-state index is 12.5. The van der Waals surface area contributed by atoms with Gasteiger partial charge in [-0.3, -0.25) is 4.79 Å². The first-order chi connectivity index (χ1) is 9.20. The largest absolute Gasteiger partial charge is 0.353 e. The van der Waals surface area contributed by atoms with Crippen molar-refractivity contribution in [3.8, 4) is 0 Å².